The number of halogens is 1. The molecule has 0 bridgehead atoms. The van der Waals surface area contributed by atoms with Gasteiger partial charge >= 0.3 is 0 Å². The molecule has 17 heavy (non-hydrogen) atoms. The Hall–Kier alpha value is -1.32. The number of rotatable bonds is 3. The van der Waals surface area contributed by atoms with Gasteiger partial charge in [-0.05, 0) is 36.8 Å². The predicted octanol–water partition coefficient (Wildman–Crippen LogP) is 3.74. The van der Waals surface area contributed by atoms with Crippen molar-refractivity contribution < 1.29 is 4.39 Å². The largest absolute Gasteiger partial charge is 0.326 e. The summed E-state index contributed by atoms with van der Waals surface area (Å²) in [7, 11) is 0. The van der Waals surface area contributed by atoms with Crippen molar-refractivity contribution in [2.45, 2.75) is 23.3 Å². The van der Waals surface area contributed by atoms with Crippen LogP contribution in [0.3, 0.4) is 0 Å². The third-order valence-corrected chi connectivity index (χ3v) is 3.49. The summed E-state index contributed by atoms with van der Waals surface area (Å²) in [6, 6.07) is 13.2. The molecule has 0 saturated carbocycles. The van der Waals surface area contributed by atoms with Gasteiger partial charge in [0, 0.05) is 16.3 Å². The van der Waals surface area contributed by atoms with Crippen molar-refractivity contribution in [3.05, 3.63) is 59.4 Å². The van der Waals surface area contributed by atoms with Crippen LogP contribution in [-0.2, 0) is 6.54 Å². The Balaban J connectivity index is 2.24. The van der Waals surface area contributed by atoms with Crippen LogP contribution in [0.2, 0.25) is 0 Å². The number of benzene rings is 2. The standard InChI is InChI=1S/C14H14FNS/c1-10-3-2-4-12(7-10)17-14-6-5-11(9-16)8-13(14)15/h2-8H,9,16H2,1H3. The molecular weight excluding hydrogens is 233 g/mol. The van der Waals surface area contributed by atoms with Crippen molar-refractivity contribution in [1.82, 2.24) is 0 Å². The first-order valence-corrected chi connectivity index (χ1v) is 6.23. The van der Waals surface area contributed by atoms with Gasteiger partial charge in [0.15, 0.2) is 0 Å². The van der Waals surface area contributed by atoms with Gasteiger partial charge in [-0.3, -0.25) is 0 Å². The van der Waals surface area contributed by atoms with Gasteiger partial charge in [-0.1, -0.05) is 35.5 Å². The van der Waals surface area contributed by atoms with Gasteiger partial charge in [0.25, 0.3) is 0 Å². The molecule has 0 atom stereocenters. The Morgan fingerprint density at radius 2 is 2.00 bits per heavy atom. The zero-order valence-corrected chi connectivity index (χ0v) is 10.4. The van der Waals surface area contributed by atoms with Gasteiger partial charge in [0.1, 0.15) is 5.82 Å². The summed E-state index contributed by atoms with van der Waals surface area (Å²) in [4.78, 5) is 1.68. The van der Waals surface area contributed by atoms with Gasteiger partial charge in [-0.15, -0.1) is 0 Å². The fraction of sp³-hybridized carbons (Fsp3) is 0.143. The summed E-state index contributed by atoms with van der Waals surface area (Å²) in [6.45, 7) is 2.39. The normalized spacial score (nSPS) is 10.5. The van der Waals surface area contributed by atoms with Crippen molar-refractivity contribution in [2.24, 2.45) is 5.73 Å². The highest BCUT2D eigenvalue weighted by atomic mass is 32.2. The molecule has 88 valence electrons. The maximum Gasteiger partial charge on any atom is 0.137 e. The molecule has 2 N–H and O–H groups in total. The molecule has 0 fully saturated rings. The first kappa shape index (κ1) is 12.1. The van der Waals surface area contributed by atoms with Gasteiger partial charge < -0.3 is 5.73 Å². The average Bonchev–Trinajstić information content (AvgIpc) is 2.32. The summed E-state index contributed by atoms with van der Waals surface area (Å²) in [5.74, 6) is -0.209. The van der Waals surface area contributed by atoms with Crippen molar-refractivity contribution >= 4 is 11.8 Å². The Morgan fingerprint density at radius 1 is 1.18 bits per heavy atom. The van der Waals surface area contributed by atoms with E-state index in [0.717, 1.165) is 10.5 Å². The molecule has 0 unspecified atom stereocenters. The molecule has 2 aromatic rings. The quantitative estimate of drug-likeness (QED) is 0.894. The van der Waals surface area contributed by atoms with E-state index in [0.29, 0.717) is 11.4 Å². The van der Waals surface area contributed by atoms with Gasteiger partial charge in [0.05, 0.1) is 0 Å². The van der Waals surface area contributed by atoms with Crippen LogP contribution in [-0.4, -0.2) is 0 Å². The van der Waals surface area contributed by atoms with E-state index in [2.05, 4.69) is 0 Å². The highest BCUT2D eigenvalue weighted by Gasteiger charge is 2.05. The molecule has 0 spiro atoms. The third kappa shape index (κ3) is 3.08. The lowest BCUT2D eigenvalue weighted by Gasteiger charge is -2.05. The van der Waals surface area contributed by atoms with Crippen LogP contribution in [0.1, 0.15) is 11.1 Å². The molecule has 2 rings (SSSR count). The summed E-state index contributed by atoms with van der Waals surface area (Å²) < 4.78 is 13.7. The molecule has 0 aliphatic rings. The second kappa shape index (κ2) is 5.34. The van der Waals surface area contributed by atoms with E-state index in [-0.39, 0.29) is 5.82 Å². The van der Waals surface area contributed by atoms with Crippen LogP contribution in [0.5, 0.6) is 0 Å². The Labute approximate surface area is 105 Å². The second-order valence-corrected chi connectivity index (χ2v) is 5.00. The van der Waals surface area contributed by atoms with Gasteiger partial charge in [-0.2, -0.15) is 0 Å². The number of aryl methyl sites for hydroxylation is 1. The molecule has 0 radical (unpaired) electrons. The zero-order chi connectivity index (χ0) is 12.3. The Kier molecular flexibility index (Phi) is 3.82. The summed E-state index contributed by atoms with van der Waals surface area (Å²) in [5, 5.41) is 0. The lowest BCUT2D eigenvalue weighted by Crippen LogP contribution is -1.96. The number of nitrogens with two attached hydrogens (primary N) is 1. The SMILES string of the molecule is Cc1cccc(Sc2ccc(CN)cc2F)c1. The first-order chi connectivity index (χ1) is 8.19. The molecule has 0 heterocycles. The van der Waals surface area contributed by atoms with E-state index in [4.69, 9.17) is 5.73 Å². The van der Waals surface area contributed by atoms with Crippen molar-refractivity contribution in [3.8, 4) is 0 Å². The smallest absolute Gasteiger partial charge is 0.137 e. The Bertz CT molecular complexity index is 525. The van der Waals surface area contributed by atoms with Crippen LogP contribution < -0.4 is 5.73 Å². The van der Waals surface area contributed by atoms with Crippen LogP contribution in [0.25, 0.3) is 0 Å². The molecule has 0 saturated heterocycles. The summed E-state index contributed by atoms with van der Waals surface area (Å²) in [6.07, 6.45) is 0. The minimum absolute atomic E-state index is 0.209. The zero-order valence-electron chi connectivity index (χ0n) is 9.61. The van der Waals surface area contributed by atoms with E-state index >= 15 is 0 Å². The summed E-state index contributed by atoms with van der Waals surface area (Å²) in [5.41, 5.74) is 7.46. The van der Waals surface area contributed by atoms with Crippen LogP contribution >= 0.6 is 11.8 Å². The fourth-order valence-electron chi connectivity index (χ4n) is 1.56. The molecule has 0 aliphatic heterocycles. The van der Waals surface area contributed by atoms with E-state index in [9.17, 15) is 4.39 Å². The number of hydrogen-bond acceptors (Lipinski definition) is 2. The lowest BCUT2D eigenvalue weighted by atomic mass is 10.2. The molecule has 2 aromatic carbocycles. The van der Waals surface area contributed by atoms with Gasteiger partial charge in [-0.25, -0.2) is 4.39 Å². The third-order valence-electron chi connectivity index (χ3n) is 2.45. The van der Waals surface area contributed by atoms with Crippen molar-refractivity contribution in [1.29, 1.82) is 0 Å². The molecule has 3 heteroatoms. The molecular formula is C14H14FNS. The monoisotopic (exact) mass is 247 g/mol. The average molecular weight is 247 g/mol. The topological polar surface area (TPSA) is 26.0 Å². The van der Waals surface area contributed by atoms with E-state index in [1.165, 1.54) is 23.4 Å². The highest BCUT2D eigenvalue weighted by Crippen LogP contribution is 2.30. The highest BCUT2D eigenvalue weighted by molar-refractivity contribution is 7.99. The lowest BCUT2D eigenvalue weighted by molar-refractivity contribution is 0.599. The molecule has 0 aromatic heterocycles. The van der Waals surface area contributed by atoms with Crippen LogP contribution in [0.15, 0.2) is 52.3 Å². The minimum Gasteiger partial charge on any atom is -0.326 e. The predicted molar refractivity (Wildman–Crippen MR) is 69.6 cm³/mol. The fourth-order valence-corrected chi connectivity index (χ4v) is 2.50. The molecule has 0 amide bonds. The van der Waals surface area contributed by atoms with Crippen molar-refractivity contribution in [2.75, 3.05) is 0 Å². The van der Waals surface area contributed by atoms with E-state index < -0.39 is 0 Å². The minimum atomic E-state index is -0.209. The maximum absolute atomic E-state index is 13.7. The van der Waals surface area contributed by atoms with Crippen LogP contribution in [0.4, 0.5) is 4.39 Å². The van der Waals surface area contributed by atoms with Crippen molar-refractivity contribution in [3.63, 3.8) is 0 Å². The van der Waals surface area contributed by atoms with Crippen LogP contribution in [0, 0.1) is 12.7 Å². The molecule has 1 nitrogen and oxygen atoms in total. The number of hydrogen-bond donors (Lipinski definition) is 1. The Morgan fingerprint density at radius 3 is 2.65 bits per heavy atom. The first-order valence-electron chi connectivity index (χ1n) is 5.42. The summed E-state index contributed by atoms with van der Waals surface area (Å²) >= 11 is 1.43. The van der Waals surface area contributed by atoms with E-state index in [1.807, 2.05) is 37.3 Å². The second-order valence-electron chi connectivity index (χ2n) is 3.89. The van der Waals surface area contributed by atoms with E-state index in [1.54, 1.807) is 6.07 Å². The molecule has 0 aliphatic carbocycles. The van der Waals surface area contributed by atoms with Gasteiger partial charge in [0.2, 0.25) is 0 Å². The maximum atomic E-state index is 13.7.